The summed E-state index contributed by atoms with van der Waals surface area (Å²) in [5.41, 5.74) is 1.26. The highest BCUT2D eigenvalue weighted by Crippen LogP contribution is 2.37. The molecule has 3 rings (SSSR count). The van der Waals surface area contributed by atoms with Crippen molar-refractivity contribution in [3.63, 3.8) is 0 Å². The fourth-order valence-corrected chi connectivity index (χ4v) is 2.43. The van der Waals surface area contributed by atoms with Crippen LogP contribution in [0.25, 0.3) is 10.9 Å². The summed E-state index contributed by atoms with van der Waals surface area (Å²) >= 11 is 0. The lowest BCUT2D eigenvalue weighted by atomic mass is 9.78. The Balaban J connectivity index is 2.06. The molecule has 0 saturated carbocycles. The van der Waals surface area contributed by atoms with Gasteiger partial charge in [0.2, 0.25) is 0 Å². The molecular weight excluding hydrogens is 253 g/mol. The summed E-state index contributed by atoms with van der Waals surface area (Å²) in [4.78, 5) is 3.21. The minimum atomic E-state index is -0.414. The number of ether oxygens (including phenoxy) is 1. The van der Waals surface area contributed by atoms with Gasteiger partial charge in [-0.3, -0.25) is 0 Å². The quantitative estimate of drug-likeness (QED) is 0.855. The molecule has 1 aromatic carbocycles. The molecular formula is C15H20BNO3. The van der Waals surface area contributed by atoms with E-state index in [9.17, 15) is 0 Å². The number of methoxy groups -OCH3 is 1. The third kappa shape index (κ3) is 1.93. The number of benzene rings is 1. The van der Waals surface area contributed by atoms with Gasteiger partial charge in [0.25, 0.3) is 0 Å². The van der Waals surface area contributed by atoms with Gasteiger partial charge < -0.3 is 19.0 Å². The van der Waals surface area contributed by atoms with E-state index in [2.05, 4.69) is 4.98 Å². The molecule has 0 unspecified atom stereocenters. The fourth-order valence-electron chi connectivity index (χ4n) is 2.43. The van der Waals surface area contributed by atoms with Gasteiger partial charge in [0.05, 0.1) is 18.3 Å². The van der Waals surface area contributed by atoms with E-state index < -0.39 is 7.12 Å². The largest absolute Gasteiger partial charge is 0.498 e. The fraction of sp³-hybridized carbons (Fsp3) is 0.467. The second-order valence-electron chi connectivity index (χ2n) is 6.25. The Labute approximate surface area is 119 Å². The topological polar surface area (TPSA) is 43.5 Å². The molecule has 1 aliphatic heterocycles. The summed E-state index contributed by atoms with van der Waals surface area (Å²) in [6.45, 7) is 8.19. The lowest BCUT2D eigenvalue weighted by Crippen LogP contribution is -2.41. The SMILES string of the molecule is COc1cc2cc[nH]c2cc1B1OC(C)(C)C(C)(C)O1. The summed E-state index contributed by atoms with van der Waals surface area (Å²) in [6, 6.07) is 6.06. The number of aromatic nitrogens is 1. The van der Waals surface area contributed by atoms with E-state index in [1.54, 1.807) is 7.11 Å². The first-order valence-corrected chi connectivity index (χ1v) is 6.85. The predicted octanol–water partition coefficient (Wildman–Crippen LogP) is 2.48. The van der Waals surface area contributed by atoms with E-state index in [1.807, 2.05) is 52.1 Å². The van der Waals surface area contributed by atoms with Crippen LogP contribution in [0.4, 0.5) is 0 Å². The maximum atomic E-state index is 6.10. The van der Waals surface area contributed by atoms with E-state index in [-0.39, 0.29) is 11.2 Å². The number of H-pyrrole nitrogens is 1. The number of hydrogen-bond donors (Lipinski definition) is 1. The van der Waals surface area contributed by atoms with Crippen molar-refractivity contribution in [3.8, 4) is 5.75 Å². The van der Waals surface area contributed by atoms with Crippen LogP contribution in [0, 0.1) is 0 Å². The van der Waals surface area contributed by atoms with Gasteiger partial charge >= 0.3 is 7.12 Å². The van der Waals surface area contributed by atoms with Crippen LogP contribution < -0.4 is 10.2 Å². The van der Waals surface area contributed by atoms with Gasteiger partial charge in [0, 0.05) is 22.6 Å². The van der Waals surface area contributed by atoms with Crippen molar-refractivity contribution in [2.75, 3.05) is 7.11 Å². The van der Waals surface area contributed by atoms with Crippen LogP contribution >= 0.6 is 0 Å². The molecule has 1 aromatic heterocycles. The average Bonchev–Trinajstić information content (AvgIpc) is 2.89. The smallest absolute Gasteiger partial charge is 0.497 e. The van der Waals surface area contributed by atoms with Crippen LogP contribution in [0.5, 0.6) is 5.75 Å². The second kappa shape index (κ2) is 4.27. The summed E-state index contributed by atoms with van der Waals surface area (Å²) < 4.78 is 17.7. The molecule has 0 amide bonds. The van der Waals surface area contributed by atoms with Crippen molar-refractivity contribution < 1.29 is 14.0 Å². The monoisotopic (exact) mass is 273 g/mol. The molecule has 1 aliphatic rings. The summed E-state index contributed by atoms with van der Waals surface area (Å²) in [6.07, 6.45) is 1.91. The standard InChI is InChI=1S/C15H20BNO3/c1-14(2)15(3,4)20-16(19-14)11-9-12-10(6-7-17-12)8-13(11)18-5/h6-9,17H,1-5H3. The molecule has 20 heavy (non-hydrogen) atoms. The van der Waals surface area contributed by atoms with Crippen molar-refractivity contribution in [3.05, 3.63) is 24.4 Å². The molecule has 1 fully saturated rings. The zero-order valence-corrected chi connectivity index (χ0v) is 12.6. The number of rotatable bonds is 2. The molecule has 0 bridgehead atoms. The van der Waals surface area contributed by atoms with Crippen LogP contribution in [-0.2, 0) is 9.31 Å². The Hall–Kier alpha value is -1.46. The summed E-state index contributed by atoms with van der Waals surface area (Å²) in [5.74, 6) is 0.788. The first kappa shape index (κ1) is 13.5. The number of aromatic amines is 1. The molecule has 0 aliphatic carbocycles. The van der Waals surface area contributed by atoms with E-state index >= 15 is 0 Å². The Morgan fingerprint density at radius 3 is 2.35 bits per heavy atom. The highest BCUT2D eigenvalue weighted by molar-refractivity contribution is 6.63. The molecule has 2 heterocycles. The maximum Gasteiger partial charge on any atom is 0.498 e. The maximum absolute atomic E-state index is 6.10. The lowest BCUT2D eigenvalue weighted by Gasteiger charge is -2.32. The van der Waals surface area contributed by atoms with Crippen molar-refractivity contribution in [2.24, 2.45) is 0 Å². The van der Waals surface area contributed by atoms with Crippen LogP contribution in [-0.4, -0.2) is 30.4 Å². The van der Waals surface area contributed by atoms with Crippen molar-refractivity contribution >= 4 is 23.5 Å². The molecule has 0 spiro atoms. The zero-order chi connectivity index (χ0) is 14.5. The normalized spacial score (nSPS) is 20.6. The number of fused-ring (bicyclic) bond motifs is 1. The number of hydrogen-bond acceptors (Lipinski definition) is 3. The second-order valence-corrected chi connectivity index (χ2v) is 6.25. The summed E-state index contributed by atoms with van der Waals surface area (Å²) in [7, 11) is 1.25. The van der Waals surface area contributed by atoms with Crippen molar-refractivity contribution in [1.82, 2.24) is 4.98 Å². The van der Waals surface area contributed by atoms with Gasteiger partial charge in [-0.05, 0) is 45.9 Å². The molecule has 0 atom stereocenters. The zero-order valence-electron chi connectivity index (χ0n) is 12.6. The van der Waals surface area contributed by atoms with Gasteiger partial charge in [0.15, 0.2) is 0 Å². The van der Waals surface area contributed by atoms with Crippen molar-refractivity contribution in [2.45, 2.75) is 38.9 Å². The Morgan fingerprint density at radius 1 is 1.10 bits per heavy atom. The Bertz CT molecular complexity index is 632. The van der Waals surface area contributed by atoms with E-state index in [4.69, 9.17) is 14.0 Å². The molecule has 106 valence electrons. The lowest BCUT2D eigenvalue weighted by molar-refractivity contribution is 0.00578. The Kier molecular flexibility index (Phi) is 2.89. The van der Waals surface area contributed by atoms with E-state index in [0.29, 0.717) is 0 Å². The van der Waals surface area contributed by atoms with Crippen LogP contribution in [0.3, 0.4) is 0 Å². The van der Waals surface area contributed by atoms with E-state index in [1.165, 1.54) is 0 Å². The molecule has 2 aromatic rings. The highest BCUT2D eigenvalue weighted by atomic mass is 16.7. The minimum absolute atomic E-state index is 0.354. The molecule has 0 radical (unpaired) electrons. The van der Waals surface area contributed by atoms with Gasteiger partial charge in [-0.2, -0.15) is 0 Å². The first-order chi connectivity index (χ1) is 9.34. The van der Waals surface area contributed by atoms with Crippen LogP contribution in [0.15, 0.2) is 24.4 Å². The highest BCUT2D eigenvalue weighted by Gasteiger charge is 2.52. The molecule has 1 saturated heterocycles. The van der Waals surface area contributed by atoms with Gasteiger partial charge in [-0.15, -0.1) is 0 Å². The van der Waals surface area contributed by atoms with Gasteiger partial charge in [-0.25, -0.2) is 0 Å². The predicted molar refractivity (Wildman–Crippen MR) is 80.6 cm³/mol. The number of nitrogens with one attached hydrogen (secondary N) is 1. The third-order valence-corrected chi connectivity index (χ3v) is 4.41. The minimum Gasteiger partial charge on any atom is -0.497 e. The van der Waals surface area contributed by atoms with Crippen molar-refractivity contribution in [1.29, 1.82) is 0 Å². The van der Waals surface area contributed by atoms with E-state index in [0.717, 1.165) is 22.1 Å². The molecule has 1 N–H and O–H groups in total. The molecule has 5 heteroatoms. The molecule has 4 nitrogen and oxygen atoms in total. The Morgan fingerprint density at radius 2 is 1.75 bits per heavy atom. The average molecular weight is 273 g/mol. The van der Waals surface area contributed by atoms with Gasteiger partial charge in [-0.1, -0.05) is 0 Å². The first-order valence-electron chi connectivity index (χ1n) is 6.85. The van der Waals surface area contributed by atoms with Crippen LogP contribution in [0.2, 0.25) is 0 Å². The van der Waals surface area contributed by atoms with Crippen LogP contribution in [0.1, 0.15) is 27.7 Å². The van der Waals surface area contributed by atoms with Gasteiger partial charge in [0.1, 0.15) is 5.75 Å². The third-order valence-electron chi connectivity index (χ3n) is 4.41. The summed E-state index contributed by atoms with van der Waals surface area (Å²) in [5, 5.41) is 1.11.